The van der Waals surface area contributed by atoms with Crippen LogP contribution in [0.25, 0.3) is 0 Å². The lowest BCUT2D eigenvalue weighted by Crippen LogP contribution is -2.42. The molecule has 0 bridgehead atoms. The molecule has 1 aromatic heterocycles. The van der Waals surface area contributed by atoms with Gasteiger partial charge in [-0.15, -0.1) is 5.10 Å². The van der Waals surface area contributed by atoms with Crippen LogP contribution in [-0.4, -0.2) is 36.1 Å². The summed E-state index contributed by atoms with van der Waals surface area (Å²) in [6.07, 6.45) is 0.868. The molecular formula is C15H26N4O3Si. The SMILES string of the molecule is CC(C)(C)NC(=O)Oc1nn(COCC[Si](C)(C)C)cc1C#N. The predicted molar refractivity (Wildman–Crippen MR) is 90.0 cm³/mol. The maximum atomic E-state index is 11.8. The molecule has 0 unspecified atom stereocenters. The molecule has 7 nitrogen and oxygen atoms in total. The Morgan fingerprint density at radius 1 is 1.43 bits per heavy atom. The van der Waals surface area contributed by atoms with E-state index in [9.17, 15) is 4.79 Å². The number of carbonyl (C=O) groups excluding carboxylic acids is 1. The minimum atomic E-state index is -1.14. The number of hydrogen-bond donors (Lipinski definition) is 1. The van der Waals surface area contributed by atoms with Crippen LogP contribution in [0.15, 0.2) is 6.20 Å². The average Bonchev–Trinajstić information content (AvgIpc) is 2.73. The van der Waals surface area contributed by atoms with Gasteiger partial charge in [0.15, 0.2) is 0 Å². The highest BCUT2D eigenvalue weighted by Crippen LogP contribution is 2.16. The Bertz CT molecular complexity index is 579. The normalized spacial score (nSPS) is 11.9. The van der Waals surface area contributed by atoms with Crippen molar-refractivity contribution >= 4 is 14.2 Å². The number of rotatable bonds is 6. The Morgan fingerprint density at radius 2 is 2.09 bits per heavy atom. The molecule has 8 heteroatoms. The van der Waals surface area contributed by atoms with Gasteiger partial charge in [-0.2, -0.15) is 5.26 Å². The third-order valence-electron chi connectivity index (χ3n) is 2.73. The molecule has 0 saturated carbocycles. The van der Waals surface area contributed by atoms with Crippen LogP contribution in [0.4, 0.5) is 4.79 Å². The Kier molecular flexibility index (Phi) is 6.35. The highest BCUT2D eigenvalue weighted by Gasteiger charge is 2.19. The summed E-state index contributed by atoms with van der Waals surface area (Å²) >= 11 is 0. The molecule has 0 aromatic carbocycles. The van der Waals surface area contributed by atoms with Crippen LogP contribution in [0.2, 0.25) is 25.7 Å². The second-order valence-corrected chi connectivity index (χ2v) is 13.2. The number of hydrogen-bond acceptors (Lipinski definition) is 5. The summed E-state index contributed by atoms with van der Waals surface area (Å²) in [7, 11) is -1.14. The van der Waals surface area contributed by atoms with Gasteiger partial charge in [-0.05, 0) is 26.8 Å². The fourth-order valence-corrected chi connectivity index (χ4v) is 2.33. The van der Waals surface area contributed by atoms with Crippen molar-refractivity contribution in [3.8, 4) is 11.9 Å². The highest BCUT2D eigenvalue weighted by atomic mass is 28.3. The maximum absolute atomic E-state index is 11.8. The Balaban J connectivity index is 2.60. The van der Waals surface area contributed by atoms with Crippen molar-refractivity contribution in [2.75, 3.05) is 6.61 Å². The highest BCUT2D eigenvalue weighted by molar-refractivity contribution is 6.76. The van der Waals surface area contributed by atoms with Crippen molar-refractivity contribution in [3.63, 3.8) is 0 Å². The molecule has 1 heterocycles. The third kappa shape index (κ3) is 7.81. The van der Waals surface area contributed by atoms with E-state index in [1.54, 1.807) is 0 Å². The summed E-state index contributed by atoms with van der Waals surface area (Å²) in [6.45, 7) is 13.2. The summed E-state index contributed by atoms with van der Waals surface area (Å²) in [5.41, 5.74) is -0.227. The second kappa shape index (κ2) is 7.61. The second-order valence-electron chi connectivity index (χ2n) is 7.61. The lowest BCUT2D eigenvalue weighted by molar-refractivity contribution is 0.0776. The van der Waals surface area contributed by atoms with Gasteiger partial charge in [-0.1, -0.05) is 19.6 Å². The van der Waals surface area contributed by atoms with Gasteiger partial charge in [0.1, 0.15) is 18.4 Å². The monoisotopic (exact) mass is 338 g/mol. The van der Waals surface area contributed by atoms with E-state index in [1.165, 1.54) is 10.9 Å². The molecule has 0 atom stereocenters. The molecule has 1 amide bonds. The van der Waals surface area contributed by atoms with Crippen molar-refractivity contribution in [2.45, 2.75) is 58.7 Å². The molecule has 0 aliphatic rings. The lowest BCUT2D eigenvalue weighted by Gasteiger charge is -2.19. The van der Waals surface area contributed by atoms with E-state index in [4.69, 9.17) is 14.7 Å². The number of carbonyl (C=O) groups is 1. The first-order chi connectivity index (χ1) is 10.5. The van der Waals surface area contributed by atoms with E-state index in [0.717, 1.165) is 6.04 Å². The molecule has 128 valence electrons. The van der Waals surface area contributed by atoms with Crippen LogP contribution in [-0.2, 0) is 11.5 Å². The van der Waals surface area contributed by atoms with Crippen LogP contribution in [0.1, 0.15) is 26.3 Å². The van der Waals surface area contributed by atoms with Gasteiger partial charge in [0.25, 0.3) is 5.88 Å². The van der Waals surface area contributed by atoms with E-state index < -0.39 is 19.7 Å². The van der Waals surface area contributed by atoms with Crippen LogP contribution < -0.4 is 10.1 Å². The van der Waals surface area contributed by atoms with E-state index in [-0.39, 0.29) is 18.2 Å². The predicted octanol–water partition coefficient (Wildman–Crippen LogP) is 2.95. The molecule has 0 radical (unpaired) electrons. The average molecular weight is 338 g/mol. The smallest absolute Gasteiger partial charge is 0.388 e. The van der Waals surface area contributed by atoms with Gasteiger partial charge in [0.2, 0.25) is 0 Å². The standard InChI is InChI=1S/C15H26N4O3Si/c1-15(2,3)17-14(20)22-13-12(9-16)10-19(18-13)11-21-7-8-23(4,5)6/h10H,7-8,11H2,1-6H3,(H,17,20). The molecule has 0 saturated heterocycles. The first-order valence-corrected chi connectivity index (χ1v) is 11.3. The van der Waals surface area contributed by atoms with E-state index in [0.29, 0.717) is 6.61 Å². The number of ether oxygens (including phenoxy) is 2. The zero-order chi connectivity index (χ0) is 17.7. The van der Waals surface area contributed by atoms with E-state index >= 15 is 0 Å². The van der Waals surface area contributed by atoms with Gasteiger partial charge in [-0.25, -0.2) is 9.48 Å². The largest absolute Gasteiger partial charge is 0.414 e. The van der Waals surface area contributed by atoms with Crippen LogP contribution in [0.3, 0.4) is 0 Å². The van der Waals surface area contributed by atoms with E-state index in [1.807, 2.05) is 26.8 Å². The maximum Gasteiger partial charge on any atom is 0.414 e. The fraction of sp³-hybridized carbons (Fsp3) is 0.667. The molecule has 1 aromatic rings. The summed E-state index contributed by atoms with van der Waals surface area (Å²) in [5.74, 6) is -0.0111. The van der Waals surface area contributed by atoms with Crippen molar-refractivity contribution in [1.29, 1.82) is 5.26 Å². The summed E-state index contributed by atoms with van der Waals surface area (Å²) in [5, 5.41) is 15.8. The summed E-state index contributed by atoms with van der Waals surface area (Å²) in [6, 6.07) is 3.01. The summed E-state index contributed by atoms with van der Waals surface area (Å²) in [4.78, 5) is 11.8. The molecule has 0 fully saturated rings. The lowest BCUT2D eigenvalue weighted by atomic mass is 10.1. The van der Waals surface area contributed by atoms with E-state index in [2.05, 4.69) is 30.1 Å². The molecule has 1 N–H and O–H groups in total. The number of nitrogens with one attached hydrogen (secondary N) is 1. The minimum absolute atomic E-state index is 0.0111. The van der Waals surface area contributed by atoms with Gasteiger partial charge in [-0.3, -0.25) is 0 Å². The van der Waals surface area contributed by atoms with Gasteiger partial charge in [0, 0.05) is 26.4 Å². The molecule has 23 heavy (non-hydrogen) atoms. The van der Waals surface area contributed by atoms with Crippen molar-refractivity contribution in [1.82, 2.24) is 15.1 Å². The zero-order valence-electron chi connectivity index (χ0n) is 14.8. The third-order valence-corrected chi connectivity index (χ3v) is 4.44. The zero-order valence-corrected chi connectivity index (χ0v) is 15.8. The number of nitriles is 1. The van der Waals surface area contributed by atoms with Gasteiger partial charge in [0.05, 0.1) is 0 Å². The molecular weight excluding hydrogens is 312 g/mol. The first-order valence-electron chi connectivity index (χ1n) is 7.55. The quantitative estimate of drug-likeness (QED) is 0.636. The number of aromatic nitrogens is 2. The first kappa shape index (κ1) is 19.2. The Hall–Kier alpha value is -1.85. The van der Waals surface area contributed by atoms with Crippen molar-refractivity contribution < 1.29 is 14.3 Å². The fourth-order valence-electron chi connectivity index (χ4n) is 1.58. The minimum Gasteiger partial charge on any atom is -0.388 e. The topological polar surface area (TPSA) is 89.2 Å². The van der Waals surface area contributed by atoms with Crippen LogP contribution in [0, 0.1) is 11.3 Å². The Morgan fingerprint density at radius 3 is 2.61 bits per heavy atom. The van der Waals surface area contributed by atoms with Gasteiger partial charge < -0.3 is 14.8 Å². The van der Waals surface area contributed by atoms with Crippen molar-refractivity contribution in [2.24, 2.45) is 0 Å². The summed E-state index contributed by atoms with van der Waals surface area (Å²) < 4.78 is 12.1. The number of amides is 1. The van der Waals surface area contributed by atoms with Crippen LogP contribution >= 0.6 is 0 Å². The van der Waals surface area contributed by atoms with Crippen LogP contribution in [0.5, 0.6) is 5.88 Å². The molecule has 0 aliphatic carbocycles. The molecule has 1 rings (SSSR count). The molecule has 0 spiro atoms. The van der Waals surface area contributed by atoms with Crippen molar-refractivity contribution in [3.05, 3.63) is 11.8 Å². The Labute approximate surface area is 138 Å². The molecule has 0 aliphatic heterocycles. The van der Waals surface area contributed by atoms with Gasteiger partial charge >= 0.3 is 6.09 Å². The number of nitrogens with zero attached hydrogens (tertiary/aromatic N) is 3.